The number of hydrogen-bond acceptors (Lipinski definition) is 4. The number of anilines is 1. The first-order valence-corrected chi connectivity index (χ1v) is 11.7. The first-order chi connectivity index (χ1) is 13.3. The number of hydrogen-bond donors (Lipinski definition) is 1. The Morgan fingerprint density at radius 2 is 1.89 bits per heavy atom. The van der Waals surface area contributed by atoms with E-state index in [2.05, 4.69) is 21.2 Å². The van der Waals surface area contributed by atoms with Gasteiger partial charge in [-0.25, -0.2) is 8.42 Å². The molecule has 0 aromatic heterocycles. The smallest absolute Gasteiger partial charge is 0.240 e. The van der Waals surface area contributed by atoms with E-state index in [1.54, 1.807) is 24.3 Å². The zero-order valence-corrected chi connectivity index (χ0v) is 18.4. The summed E-state index contributed by atoms with van der Waals surface area (Å²) in [7, 11) is -3.57. The van der Waals surface area contributed by atoms with E-state index in [-0.39, 0.29) is 12.5 Å². The Morgan fingerprint density at radius 1 is 1.18 bits per heavy atom. The van der Waals surface area contributed by atoms with Crippen molar-refractivity contribution in [3.8, 4) is 5.75 Å². The molecular weight excluding hydrogens is 444 g/mol. The minimum atomic E-state index is -3.57. The van der Waals surface area contributed by atoms with Gasteiger partial charge >= 0.3 is 0 Å². The third-order valence-electron chi connectivity index (χ3n) is 3.98. The van der Waals surface area contributed by atoms with Crippen LogP contribution in [0.15, 0.2) is 53.0 Å². The van der Waals surface area contributed by atoms with Gasteiger partial charge < -0.3 is 10.1 Å². The van der Waals surface area contributed by atoms with Crippen LogP contribution in [0.25, 0.3) is 0 Å². The van der Waals surface area contributed by atoms with Crippen LogP contribution >= 0.6 is 15.9 Å². The van der Waals surface area contributed by atoms with Crippen LogP contribution in [-0.4, -0.2) is 40.3 Å². The maximum Gasteiger partial charge on any atom is 0.240 e. The lowest BCUT2D eigenvalue weighted by Crippen LogP contribution is -2.40. The van der Waals surface area contributed by atoms with Gasteiger partial charge in [-0.15, -0.1) is 0 Å². The van der Waals surface area contributed by atoms with E-state index >= 15 is 0 Å². The third-order valence-corrected chi connectivity index (χ3v) is 5.62. The predicted molar refractivity (Wildman–Crippen MR) is 115 cm³/mol. The number of carbonyl (C=O) groups is 1. The van der Waals surface area contributed by atoms with Crippen molar-refractivity contribution in [2.75, 3.05) is 30.3 Å². The summed E-state index contributed by atoms with van der Waals surface area (Å²) in [6, 6.07) is 14.7. The minimum absolute atomic E-state index is 0.252. The van der Waals surface area contributed by atoms with Gasteiger partial charge in [-0.3, -0.25) is 9.10 Å². The van der Waals surface area contributed by atoms with Gasteiger partial charge in [0.2, 0.25) is 15.9 Å². The molecule has 2 rings (SSSR count). The normalized spacial score (nSPS) is 11.1. The Balaban J connectivity index is 1.84. The monoisotopic (exact) mass is 468 g/mol. The summed E-state index contributed by atoms with van der Waals surface area (Å²) in [6.45, 7) is 2.80. The van der Waals surface area contributed by atoms with Gasteiger partial charge in [0.1, 0.15) is 12.3 Å². The molecule has 0 spiro atoms. The van der Waals surface area contributed by atoms with Crippen LogP contribution in [0.3, 0.4) is 0 Å². The number of ether oxygens (including phenoxy) is 1. The number of halogens is 1. The fourth-order valence-corrected chi connectivity index (χ4v) is 3.89. The first kappa shape index (κ1) is 22.2. The van der Waals surface area contributed by atoms with Gasteiger partial charge in [-0.2, -0.15) is 0 Å². The highest BCUT2D eigenvalue weighted by Crippen LogP contribution is 2.21. The highest BCUT2D eigenvalue weighted by atomic mass is 79.9. The molecule has 0 aliphatic heterocycles. The molecule has 0 atom stereocenters. The lowest BCUT2D eigenvalue weighted by Gasteiger charge is -2.22. The highest BCUT2D eigenvalue weighted by Gasteiger charge is 2.20. The molecule has 0 unspecified atom stereocenters. The Morgan fingerprint density at radius 3 is 2.50 bits per heavy atom. The van der Waals surface area contributed by atoms with Crippen LogP contribution in [0.1, 0.15) is 18.9 Å². The molecule has 0 radical (unpaired) electrons. The standard InChI is InChI=1S/C20H25BrN2O4S/c1-3-27-19-11-9-16(10-12-19)6-5-13-22-20(24)15-23(28(2,25)26)18-8-4-7-17(21)14-18/h4,7-12,14H,3,5-6,13,15H2,1-2H3,(H,22,24). The average Bonchev–Trinajstić information content (AvgIpc) is 2.64. The number of benzene rings is 2. The fraction of sp³-hybridized carbons (Fsp3) is 0.350. The number of aryl methyl sites for hydroxylation is 1. The first-order valence-electron chi connectivity index (χ1n) is 9.01. The lowest BCUT2D eigenvalue weighted by molar-refractivity contribution is -0.119. The van der Waals surface area contributed by atoms with E-state index < -0.39 is 10.0 Å². The molecule has 1 amide bonds. The predicted octanol–water partition coefficient (Wildman–Crippen LogP) is 3.36. The van der Waals surface area contributed by atoms with E-state index in [0.29, 0.717) is 18.8 Å². The molecule has 0 bridgehead atoms. The molecule has 0 fully saturated rings. The highest BCUT2D eigenvalue weighted by molar-refractivity contribution is 9.10. The number of nitrogens with zero attached hydrogens (tertiary/aromatic N) is 1. The van der Waals surface area contributed by atoms with Crippen molar-refractivity contribution in [1.29, 1.82) is 0 Å². The van der Waals surface area contributed by atoms with Crippen molar-refractivity contribution in [1.82, 2.24) is 5.32 Å². The van der Waals surface area contributed by atoms with Gasteiger partial charge in [-0.05, 0) is 55.7 Å². The van der Waals surface area contributed by atoms with Gasteiger partial charge in [0, 0.05) is 11.0 Å². The van der Waals surface area contributed by atoms with Crippen molar-refractivity contribution in [2.24, 2.45) is 0 Å². The summed E-state index contributed by atoms with van der Waals surface area (Å²) >= 11 is 3.32. The molecule has 0 aliphatic carbocycles. The maximum atomic E-state index is 12.2. The van der Waals surface area contributed by atoms with Gasteiger partial charge in [0.05, 0.1) is 18.6 Å². The zero-order valence-electron chi connectivity index (χ0n) is 16.0. The number of rotatable bonds is 10. The Kier molecular flexibility index (Phi) is 8.32. The Labute approximate surface area is 175 Å². The van der Waals surface area contributed by atoms with E-state index in [1.807, 2.05) is 31.2 Å². The molecule has 2 aromatic carbocycles. The molecule has 0 heterocycles. The molecule has 0 saturated carbocycles. The fourth-order valence-electron chi connectivity index (χ4n) is 2.66. The summed E-state index contributed by atoms with van der Waals surface area (Å²) in [5.74, 6) is 0.505. The molecule has 8 heteroatoms. The third kappa shape index (κ3) is 7.16. The Hall–Kier alpha value is -2.06. The van der Waals surface area contributed by atoms with E-state index in [0.717, 1.165) is 39.2 Å². The summed E-state index contributed by atoms with van der Waals surface area (Å²) in [4.78, 5) is 12.2. The van der Waals surface area contributed by atoms with Crippen LogP contribution in [0, 0.1) is 0 Å². The molecule has 2 aromatic rings. The quantitative estimate of drug-likeness (QED) is 0.542. The van der Waals surface area contributed by atoms with Gasteiger partial charge in [0.15, 0.2) is 0 Å². The van der Waals surface area contributed by atoms with Crippen molar-refractivity contribution >= 4 is 37.5 Å². The summed E-state index contributed by atoms with van der Waals surface area (Å²) in [6.07, 6.45) is 2.66. The van der Waals surface area contributed by atoms with Crippen LogP contribution in [-0.2, 0) is 21.2 Å². The maximum absolute atomic E-state index is 12.2. The second kappa shape index (κ2) is 10.5. The van der Waals surface area contributed by atoms with Crippen LogP contribution in [0.4, 0.5) is 5.69 Å². The second-order valence-corrected chi connectivity index (χ2v) is 9.10. The summed E-state index contributed by atoms with van der Waals surface area (Å²) in [5.41, 5.74) is 1.60. The SMILES string of the molecule is CCOc1ccc(CCCNC(=O)CN(c2cccc(Br)c2)S(C)(=O)=O)cc1. The molecule has 0 aliphatic rings. The molecule has 152 valence electrons. The molecule has 28 heavy (non-hydrogen) atoms. The summed E-state index contributed by atoms with van der Waals surface area (Å²) < 4.78 is 31.4. The Bertz CT molecular complexity index is 885. The molecular formula is C20H25BrN2O4S. The van der Waals surface area contributed by atoms with E-state index in [4.69, 9.17) is 4.74 Å². The van der Waals surface area contributed by atoms with Crippen LogP contribution in [0.2, 0.25) is 0 Å². The van der Waals surface area contributed by atoms with E-state index in [1.165, 1.54) is 0 Å². The lowest BCUT2D eigenvalue weighted by atomic mass is 10.1. The molecule has 1 N–H and O–H groups in total. The van der Waals surface area contributed by atoms with Crippen molar-refractivity contribution in [3.63, 3.8) is 0 Å². The minimum Gasteiger partial charge on any atom is -0.494 e. The number of carbonyl (C=O) groups excluding carboxylic acids is 1. The topological polar surface area (TPSA) is 75.7 Å². The number of sulfonamides is 1. The van der Waals surface area contributed by atoms with Crippen LogP contribution < -0.4 is 14.4 Å². The average molecular weight is 469 g/mol. The largest absolute Gasteiger partial charge is 0.494 e. The summed E-state index contributed by atoms with van der Waals surface area (Å²) in [5, 5.41) is 2.79. The van der Waals surface area contributed by atoms with E-state index in [9.17, 15) is 13.2 Å². The zero-order chi connectivity index (χ0) is 20.6. The van der Waals surface area contributed by atoms with Gasteiger partial charge in [-0.1, -0.05) is 34.1 Å². The van der Waals surface area contributed by atoms with Crippen LogP contribution in [0.5, 0.6) is 5.75 Å². The second-order valence-electron chi connectivity index (χ2n) is 6.28. The van der Waals surface area contributed by atoms with Crippen molar-refractivity contribution in [3.05, 3.63) is 58.6 Å². The number of nitrogens with one attached hydrogen (secondary N) is 1. The number of amides is 1. The molecule has 6 nitrogen and oxygen atoms in total. The van der Waals surface area contributed by atoms with Crippen molar-refractivity contribution in [2.45, 2.75) is 19.8 Å². The molecule has 0 saturated heterocycles. The van der Waals surface area contributed by atoms with Gasteiger partial charge in [0.25, 0.3) is 0 Å². The van der Waals surface area contributed by atoms with Crippen molar-refractivity contribution < 1.29 is 17.9 Å².